The molecule has 7 heteroatoms. The zero-order chi connectivity index (χ0) is 14.2. The number of nitrogen functional groups attached to an aromatic ring is 1. The summed E-state index contributed by atoms with van der Waals surface area (Å²) >= 11 is 0. The molecule has 1 amide bonds. The molecule has 0 aromatic heterocycles. The molecule has 0 aliphatic carbocycles. The molecule has 0 radical (unpaired) electrons. The van der Waals surface area contributed by atoms with E-state index in [0.29, 0.717) is 5.56 Å². The molecule has 0 spiro atoms. The summed E-state index contributed by atoms with van der Waals surface area (Å²) < 4.78 is 4.61. The Kier molecular flexibility index (Phi) is 3.20. The average molecular weight is 266 g/mol. The molecule has 0 saturated carbocycles. The van der Waals surface area contributed by atoms with Crippen LogP contribution in [0.25, 0.3) is 0 Å². The quantitative estimate of drug-likeness (QED) is 0.388. The Morgan fingerprint density at radius 1 is 1.42 bits per heavy atom. The van der Waals surface area contributed by atoms with Crippen LogP contribution in [0, 0.1) is 0 Å². The predicted molar refractivity (Wildman–Crippen MR) is 65.6 cm³/mol. The first kappa shape index (κ1) is 13.0. The Balaban J connectivity index is 2.42. The largest absolute Gasteiger partial charge is 0.506 e. The number of anilines is 1. The molecular formula is C12H14N2O5. The molecule has 4 N–H and O–H groups in total. The summed E-state index contributed by atoms with van der Waals surface area (Å²) in [6, 6.07) is 2.09. The van der Waals surface area contributed by atoms with E-state index in [1.165, 1.54) is 13.2 Å². The first-order valence-electron chi connectivity index (χ1n) is 5.61. The standard InChI is InChI=1S/C12H14N2O5/c1-19-11(16)9-3-6-2-8(13)10(15)4-7(6)5-14(9)12(17)18/h2,4,9,15H,3,5,13H2,1H3,(H,17,18). The second-order valence-electron chi connectivity index (χ2n) is 4.33. The molecule has 0 fully saturated rings. The number of phenolic OH excluding ortho intramolecular Hbond substituents is 1. The van der Waals surface area contributed by atoms with E-state index >= 15 is 0 Å². The number of esters is 1. The Hall–Kier alpha value is -2.44. The zero-order valence-corrected chi connectivity index (χ0v) is 10.3. The Morgan fingerprint density at radius 3 is 2.68 bits per heavy atom. The highest BCUT2D eigenvalue weighted by molar-refractivity contribution is 5.82. The number of benzene rings is 1. The fourth-order valence-corrected chi connectivity index (χ4v) is 2.19. The summed E-state index contributed by atoms with van der Waals surface area (Å²) in [6.45, 7) is 0.0122. The van der Waals surface area contributed by atoms with E-state index in [2.05, 4.69) is 4.74 Å². The minimum Gasteiger partial charge on any atom is -0.506 e. The maximum absolute atomic E-state index is 11.6. The number of fused-ring (bicyclic) bond motifs is 1. The van der Waals surface area contributed by atoms with Crippen molar-refractivity contribution >= 4 is 17.7 Å². The number of methoxy groups -OCH3 is 1. The molecule has 1 aromatic rings. The van der Waals surface area contributed by atoms with Crippen molar-refractivity contribution in [2.24, 2.45) is 0 Å². The lowest BCUT2D eigenvalue weighted by molar-refractivity contribution is -0.146. The second-order valence-corrected chi connectivity index (χ2v) is 4.33. The number of amides is 1. The minimum atomic E-state index is -1.21. The Morgan fingerprint density at radius 2 is 2.11 bits per heavy atom. The molecule has 102 valence electrons. The summed E-state index contributed by atoms with van der Waals surface area (Å²) in [5.41, 5.74) is 7.17. The van der Waals surface area contributed by atoms with Crippen molar-refractivity contribution in [2.45, 2.75) is 19.0 Å². The van der Waals surface area contributed by atoms with Crippen LogP contribution in [-0.4, -0.2) is 40.3 Å². The first-order valence-corrected chi connectivity index (χ1v) is 5.61. The monoisotopic (exact) mass is 266 g/mol. The van der Waals surface area contributed by atoms with Crippen LogP contribution in [-0.2, 0) is 22.5 Å². The summed E-state index contributed by atoms with van der Waals surface area (Å²) in [5, 5.41) is 18.7. The number of carboxylic acid groups (broad SMARTS) is 1. The smallest absolute Gasteiger partial charge is 0.408 e. The van der Waals surface area contributed by atoms with Gasteiger partial charge in [-0.25, -0.2) is 9.59 Å². The maximum Gasteiger partial charge on any atom is 0.408 e. The van der Waals surface area contributed by atoms with E-state index in [9.17, 15) is 14.7 Å². The molecule has 1 unspecified atom stereocenters. The average Bonchev–Trinajstić information content (AvgIpc) is 2.37. The van der Waals surface area contributed by atoms with E-state index < -0.39 is 18.1 Å². The van der Waals surface area contributed by atoms with Gasteiger partial charge in [0, 0.05) is 6.42 Å². The number of phenols is 1. The maximum atomic E-state index is 11.6. The van der Waals surface area contributed by atoms with Gasteiger partial charge in [0.05, 0.1) is 19.3 Å². The molecule has 0 saturated heterocycles. The van der Waals surface area contributed by atoms with Gasteiger partial charge in [-0.15, -0.1) is 0 Å². The van der Waals surface area contributed by atoms with Crippen LogP contribution in [0.5, 0.6) is 5.75 Å². The SMILES string of the molecule is COC(=O)C1Cc2cc(N)c(O)cc2CN1C(=O)O. The zero-order valence-electron chi connectivity index (χ0n) is 10.3. The van der Waals surface area contributed by atoms with Crippen molar-refractivity contribution in [3.05, 3.63) is 23.3 Å². The third-order valence-electron chi connectivity index (χ3n) is 3.20. The first-order chi connectivity index (χ1) is 8.93. The van der Waals surface area contributed by atoms with Gasteiger partial charge in [-0.2, -0.15) is 0 Å². The van der Waals surface area contributed by atoms with E-state index in [4.69, 9.17) is 10.8 Å². The van der Waals surface area contributed by atoms with Crippen LogP contribution >= 0.6 is 0 Å². The third kappa shape index (κ3) is 2.26. The lowest BCUT2D eigenvalue weighted by Crippen LogP contribution is -2.48. The highest BCUT2D eigenvalue weighted by Crippen LogP contribution is 2.31. The molecule has 1 heterocycles. The van der Waals surface area contributed by atoms with Crippen molar-refractivity contribution in [3.63, 3.8) is 0 Å². The number of rotatable bonds is 1. The van der Waals surface area contributed by atoms with Gasteiger partial charge >= 0.3 is 12.1 Å². The highest BCUT2D eigenvalue weighted by Gasteiger charge is 2.35. The summed E-state index contributed by atoms with van der Waals surface area (Å²) in [6.07, 6.45) is -1.03. The van der Waals surface area contributed by atoms with Crippen LogP contribution in [0.1, 0.15) is 11.1 Å². The Bertz CT molecular complexity index is 543. The fraction of sp³-hybridized carbons (Fsp3) is 0.333. The number of hydrogen-bond donors (Lipinski definition) is 3. The van der Waals surface area contributed by atoms with Gasteiger partial charge in [0.25, 0.3) is 0 Å². The van der Waals surface area contributed by atoms with Crippen LogP contribution in [0.3, 0.4) is 0 Å². The predicted octanol–water partition coefficient (Wildman–Crippen LogP) is 0.552. The molecule has 0 bridgehead atoms. The number of nitrogens with two attached hydrogens (primary N) is 1. The Labute approximate surface area is 109 Å². The molecule has 19 heavy (non-hydrogen) atoms. The summed E-state index contributed by atoms with van der Waals surface area (Å²) in [7, 11) is 1.21. The normalized spacial score (nSPS) is 17.7. The number of carbonyl (C=O) groups is 2. The topological polar surface area (TPSA) is 113 Å². The third-order valence-corrected chi connectivity index (χ3v) is 3.20. The summed E-state index contributed by atoms with van der Waals surface area (Å²) in [5.74, 6) is -0.708. The van der Waals surface area contributed by atoms with Gasteiger partial charge in [0.1, 0.15) is 11.8 Å². The number of aromatic hydroxyl groups is 1. The van der Waals surface area contributed by atoms with Crippen LogP contribution in [0.2, 0.25) is 0 Å². The van der Waals surface area contributed by atoms with Crippen LogP contribution in [0.4, 0.5) is 10.5 Å². The fourth-order valence-electron chi connectivity index (χ4n) is 2.19. The molecule has 1 aliphatic rings. The molecule has 1 aromatic carbocycles. The van der Waals surface area contributed by atoms with Gasteiger partial charge in [0.15, 0.2) is 0 Å². The van der Waals surface area contributed by atoms with E-state index in [-0.39, 0.29) is 24.4 Å². The molecular weight excluding hydrogens is 252 g/mol. The highest BCUT2D eigenvalue weighted by atomic mass is 16.5. The molecule has 1 aliphatic heterocycles. The number of carbonyl (C=O) groups excluding carboxylic acids is 1. The van der Waals surface area contributed by atoms with Gasteiger partial charge in [-0.3, -0.25) is 4.90 Å². The van der Waals surface area contributed by atoms with Crippen LogP contribution < -0.4 is 5.73 Å². The molecule has 7 nitrogen and oxygen atoms in total. The van der Waals surface area contributed by atoms with E-state index in [1.807, 2.05) is 0 Å². The van der Waals surface area contributed by atoms with Gasteiger partial charge in [-0.1, -0.05) is 0 Å². The van der Waals surface area contributed by atoms with Crippen molar-refractivity contribution < 1.29 is 24.5 Å². The second kappa shape index (κ2) is 4.68. The van der Waals surface area contributed by atoms with Gasteiger partial charge < -0.3 is 20.7 Å². The van der Waals surface area contributed by atoms with Crippen molar-refractivity contribution in [3.8, 4) is 5.75 Å². The van der Waals surface area contributed by atoms with E-state index in [1.54, 1.807) is 6.07 Å². The van der Waals surface area contributed by atoms with Crippen molar-refractivity contribution in [2.75, 3.05) is 12.8 Å². The molecule has 1 atom stereocenters. The van der Waals surface area contributed by atoms with E-state index in [0.717, 1.165) is 10.5 Å². The molecule has 2 rings (SSSR count). The number of hydrogen-bond acceptors (Lipinski definition) is 5. The number of nitrogens with zero attached hydrogens (tertiary/aromatic N) is 1. The van der Waals surface area contributed by atoms with Crippen LogP contribution in [0.15, 0.2) is 12.1 Å². The summed E-state index contributed by atoms with van der Waals surface area (Å²) in [4.78, 5) is 23.8. The lowest BCUT2D eigenvalue weighted by Gasteiger charge is -2.33. The minimum absolute atomic E-state index is 0.0122. The number of ether oxygens (including phenoxy) is 1. The van der Waals surface area contributed by atoms with Crippen molar-refractivity contribution in [1.29, 1.82) is 0 Å². The lowest BCUT2D eigenvalue weighted by atomic mass is 9.93. The van der Waals surface area contributed by atoms with Gasteiger partial charge in [-0.05, 0) is 23.3 Å². The van der Waals surface area contributed by atoms with Gasteiger partial charge in [0.2, 0.25) is 0 Å². The van der Waals surface area contributed by atoms with Crippen molar-refractivity contribution in [1.82, 2.24) is 4.90 Å².